The summed E-state index contributed by atoms with van der Waals surface area (Å²) in [6, 6.07) is 34.8. The van der Waals surface area contributed by atoms with Gasteiger partial charge in [0.05, 0.1) is 42.0 Å². The van der Waals surface area contributed by atoms with E-state index in [0.29, 0.717) is 43.2 Å². The topological polar surface area (TPSA) is 54.7 Å². The normalized spacial score (nSPS) is 11.9. The Bertz CT molecular complexity index is 1690. The lowest BCUT2D eigenvalue weighted by atomic mass is 9.82. The van der Waals surface area contributed by atoms with Gasteiger partial charge in [0.2, 0.25) is 5.91 Å². The van der Waals surface area contributed by atoms with Gasteiger partial charge >= 0.3 is 6.18 Å². The van der Waals surface area contributed by atoms with Crippen LogP contribution >= 0.6 is 11.6 Å². The maximum atomic E-state index is 13.8. The van der Waals surface area contributed by atoms with E-state index < -0.39 is 17.3 Å². The first-order valence-corrected chi connectivity index (χ1v) is 15.7. The molecule has 0 bridgehead atoms. The first-order valence-electron chi connectivity index (χ1n) is 15.4. The Kier molecular flexibility index (Phi) is 11.1. The second-order valence-corrected chi connectivity index (χ2v) is 11.8. The number of ether oxygens (including phenoxy) is 1. The molecule has 5 rings (SSSR count). The standard InChI is InChI=1S/C38H36ClF3N2O3/c1-37(30-14-4-2-5-15-30,31-16-6-3-7-17-31)44(27-29-13-9-20-34(36(29)39)38(40,41)42)21-11-23-46-32-18-8-12-28(24-32)25-35(45)43-26-33-19-10-22-47-33/h2-10,12-20,22,24H,11,21,23,25-27H2,1H3,(H,43,45). The Morgan fingerprint density at radius 3 is 2.19 bits per heavy atom. The van der Waals surface area contributed by atoms with Gasteiger partial charge in [-0.05, 0) is 65.9 Å². The molecular weight excluding hydrogens is 625 g/mol. The number of alkyl halides is 3. The van der Waals surface area contributed by atoms with Crippen molar-refractivity contribution in [2.45, 2.75) is 44.6 Å². The minimum absolute atomic E-state index is 0.136. The summed E-state index contributed by atoms with van der Waals surface area (Å²) in [4.78, 5) is 14.6. The number of furan rings is 1. The van der Waals surface area contributed by atoms with E-state index in [0.717, 1.165) is 22.8 Å². The van der Waals surface area contributed by atoms with Crippen LogP contribution in [0.25, 0.3) is 0 Å². The number of hydrogen-bond donors (Lipinski definition) is 1. The molecule has 0 atom stereocenters. The molecule has 0 spiro atoms. The number of amides is 1. The Morgan fingerprint density at radius 1 is 0.872 bits per heavy atom. The van der Waals surface area contributed by atoms with E-state index in [1.807, 2.05) is 84.9 Å². The number of nitrogens with one attached hydrogen (secondary N) is 1. The molecule has 0 aliphatic heterocycles. The van der Waals surface area contributed by atoms with E-state index >= 15 is 0 Å². The number of nitrogens with zero attached hydrogens (tertiary/aromatic N) is 1. The lowest BCUT2D eigenvalue weighted by Crippen LogP contribution is -2.45. The second-order valence-electron chi connectivity index (χ2n) is 11.4. The van der Waals surface area contributed by atoms with Crippen LogP contribution in [0.2, 0.25) is 5.02 Å². The van der Waals surface area contributed by atoms with Crippen molar-refractivity contribution in [2.24, 2.45) is 0 Å². The van der Waals surface area contributed by atoms with Gasteiger partial charge < -0.3 is 14.5 Å². The Hall–Kier alpha value is -4.53. The van der Waals surface area contributed by atoms with E-state index in [1.54, 1.807) is 24.5 Å². The molecule has 1 amide bonds. The first-order chi connectivity index (χ1) is 22.6. The van der Waals surface area contributed by atoms with Crippen LogP contribution in [0.5, 0.6) is 5.75 Å². The molecule has 1 heterocycles. The first kappa shape index (κ1) is 33.8. The molecule has 0 saturated carbocycles. The average molecular weight is 661 g/mol. The van der Waals surface area contributed by atoms with Crippen molar-refractivity contribution in [1.82, 2.24) is 10.2 Å². The van der Waals surface area contributed by atoms with Crippen LogP contribution in [-0.4, -0.2) is 24.0 Å². The van der Waals surface area contributed by atoms with Crippen molar-refractivity contribution < 1.29 is 27.1 Å². The fraction of sp³-hybridized carbons (Fsp3) is 0.237. The van der Waals surface area contributed by atoms with Crippen LogP contribution in [0, 0.1) is 0 Å². The van der Waals surface area contributed by atoms with Crippen LogP contribution in [0.15, 0.2) is 126 Å². The third-order valence-electron chi connectivity index (χ3n) is 8.19. The highest BCUT2D eigenvalue weighted by Gasteiger charge is 2.38. The molecule has 47 heavy (non-hydrogen) atoms. The maximum absolute atomic E-state index is 13.8. The molecule has 0 saturated heterocycles. The predicted octanol–water partition coefficient (Wildman–Crippen LogP) is 9.05. The molecule has 4 aromatic carbocycles. The third kappa shape index (κ3) is 8.64. The molecule has 0 aliphatic rings. The number of rotatable bonds is 14. The fourth-order valence-electron chi connectivity index (χ4n) is 5.68. The SMILES string of the molecule is CC(c1ccccc1)(c1ccccc1)N(CCCOc1cccc(CC(=O)NCc2ccco2)c1)Cc1cccc(C(F)(F)F)c1Cl. The lowest BCUT2D eigenvalue weighted by molar-refractivity contribution is -0.137. The molecule has 5 nitrogen and oxygen atoms in total. The molecule has 1 aromatic heterocycles. The largest absolute Gasteiger partial charge is 0.494 e. The summed E-state index contributed by atoms with van der Waals surface area (Å²) in [6.07, 6.45) is -2.25. The van der Waals surface area contributed by atoms with Crippen LogP contribution < -0.4 is 10.1 Å². The Morgan fingerprint density at radius 2 is 1.55 bits per heavy atom. The predicted molar refractivity (Wildman–Crippen MR) is 177 cm³/mol. The number of carbonyl (C=O) groups excluding carboxylic acids is 1. The summed E-state index contributed by atoms with van der Waals surface area (Å²) in [7, 11) is 0. The molecule has 0 radical (unpaired) electrons. The molecule has 0 fully saturated rings. The number of carbonyl (C=O) groups is 1. The number of halogens is 4. The summed E-state index contributed by atoms with van der Waals surface area (Å²) in [5.41, 5.74) is 1.62. The summed E-state index contributed by atoms with van der Waals surface area (Å²) in [5, 5.41) is 2.55. The summed E-state index contributed by atoms with van der Waals surface area (Å²) >= 11 is 6.41. The van der Waals surface area contributed by atoms with E-state index in [4.69, 9.17) is 20.8 Å². The van der Waals surface area contributed by atoms with Crippen LogP contribution in [-0.2, 0) is 36.0 Å². The van der Waals surface area contributed by atoms with Gasteiger partial charge in [-0.2, -0.15) is 13.2 Å². The maximum Gasteiger partial charge on any atom is 0.417 e. The van der Waals surface area contributed by atoms with Crippen molar-refractivity contribution in [1.29, 1.82) is 0 Å². The zero-order valence-electron chi connectivity index (χ0n) is 26.0. The zero-order valence-corrected chi connectivity index (χ0v) is 26.7. The fourth-order valence-corrected chi connectivity index (χ4v) is 5.97. The lowest BCUT2D eigenvalue weighted by Gasteiger charge is -2.43. The van der Waals surface area contributed by atoms with E-state index in [1.165, 1.54) is 6.07 Å². The second kappa shape index (κ2) is 15.4. The molecule has 0 unspecified atom stereocenters. The highest BCUT2D eigenvalue weighted by atomic mass is 35.5. The van der Waals surface area contributed by atoms with Gasteiger partial charge in [-0.25, -0.2) is 0 Å². The highest BCUT2D eigenvalue weighted by Crippen LogP contribution is 2.40. The Balaban J connectivity index is 1.33. The summed E-state index contributed by atoms with van der Waals surface area (Å²) < 4.78 is 52.8. The van der Waals surface area contributed by atoms with Gasteiger partial charge in [-0.15, -0.1) is 0 Å². The zero-order chi connectivity index (χ0) is 33.3. The summed E-state index contributed by atoms with van der Waals surface area (Å²) in [5.74, 6) is 1.17. The van der Waals surface area contributed by atoms with Gasteiger partial charge in [0.15, 0.2) is 0 Å². The van der Waals surface area contributed by atoms with Crippen molar-refractivity contribution in [3.05, 3.63) is 160 Å². The molecule has 244 valence electrons. The third-order valence-corrected chi connectivity index (χ3v) is 8.64. The minimum atomic E-state index is -4.57. The average Bonchev–Trinajstić information content (AvgIpc) is 3.60. The van der Waals surface area contributed by atoms with Crippen molar-refractivity contribution >= 4 is 17.5 Å². The van der Waals surface area contributed by atoms with Gasteiger partial charge in [0, 0.05) is 13.1 Å². The quantitative estimate of drug-likeness (QED) is 0.121. The van der Waals surface area contributed by atoms with Crippen LogP contribution in [0.1, 0.15) is 46.9 Å². The molecular formula is C38H36ClF3N2O3. The van der Waals surface area contributed by atoms with Gasteiger partial charge in [0.1, 0.15) is 11.5 Å². The number of benzene rings is 4. The molecule has 1 N–H and O–H groups in total. The molecule has 5 aromatic rings. The van der Waals surface area contributed by atoms with Gasteiger partial charge in [0.25, 0.3) is 0 Å². The van der Waals surface area contributed by atoms with Gasteiger partial charge in [-0.1, -0.05) is 96.5 Å². The summed E-state index contributed by atoms with van der Waals surface area (Å²) in [6.45, 7) is 3.41. The van der Waals surface area contributed by atoms with Crippen molar-refractivity contribution in [3.8, 4) is 5.75 Å². The Labute approximate surface area is 277 Å². The monoisotopic (exact) mass is 660 g/mol. The van der Waals surface area contributed by atoms with Crippen molar-refractivity contribution in [2.75, 3.05) is 13.2 Å². The van der Waals surface area contributed by atoms with E-state index in [-0.39, 0.29) is 23.9 Å². The molecule has 0 aliphatic carbocycles. The minimum Gasteiger partial charge on any atom is -0.494 e. The highest BCUT2D eigenvalue weighted by molar-refractivity contribution is 6.32. The van der Waals surface area contributed by atoms with E-state index in [9.17, 15) is 18.0 Å². The smallest absolute Gasteiger partial charge is 0.417 e. The van der Waals surface area contributed by atoms with Crippen LogP contribution in [0.3, 0.4) is 0 Å². The molecule has 9 heteroatoms. The van der Waals surface area contributed by atoms with Crippen LogP contribution in [0.4, 0.5) is 13.2 Å². The van der Waals surface area contributed by atoms with E-state index in [2.05, 4.69) is 17.1 Å². The van der Waals surface area contributed by atoms with Gasteiger partial charge in [-0.3, -0.25) is 9.69 Å². The van der Waals surface area contributed by atoms with Crippen molar-refractivity contribution in [3.63, 3.8) is 0 Å². The number of hydrogen-bond acceptors (Lipinski definition) is 4.